The van der Waals surface area contributed by atoms with E-state index in [9.17, 15) is 23.3 Å². The molecule has 2 aromatic carbocycles. The predicted octanol–water partition coefficient (Wildman–Crippen LogP) is 3.95. The van der Waals surface area contributed by atoms with Gasteiger partial charge in [0.1, 0.15) is 0 Å². The number of benzene rings is 2. The van der Waals surface area contributed by atoms with Crippen LogP contribution in [0.5, 0.6) is 0 Å². The summed E-state index contributed by atoms with van der Waals surface area (Å²) >= 11 is 0. The highest BCUT2D eigenvalue weighted by atomic mass is 19.4. The minimum atomic E-state index is -4.64. The summed E-state index contributed by atoms with van der Waals surface area (Å²) in [5, 5.41) is 10.6. The molecule has 8 heteroatoms. The maximum atomic E-state index is 13.2. The first-order chi connectivity index (χ1) is 10.4. The zero-order valence-corrected chi connectivity index (χ0v) is 10.9. The van der Waals surface area contributed by atoms with E-state index >= 15 is 0 Å². The average molecular weight is 307 g/mol. The van der Waals surface area contributed by atoms with Gasteiger partial charge in [-0.15, -0.1) is 0 Å². The highest BCUT2D eigenvalue weighted by Crippen LogP contribution is 2.34. The fourth-order valence-electron chi connectivity index (χ4n) is 2.20. The van der Waals surface area contributed by atoms with Gasteiger partial charge in [-0.2, -0.15) is 13.2 Å². The Morgan fingerprint density at radius 1 is 1.05 bits per heavy atom. The number of alkyl halides is 3. The minimum absolute atomic E-state index is 0.159. The Kier molecular flexibility index (Phi) is 3.09. The van der Waals surface area contributed by atoms with Crippen molar-refractivity contribution in [2.24, 2.45) is 0 Å². The quantitative estimate of drug-likeness (QED) is 0.532. The SMILES string of the molecule is O=[N+]([O-])c1ccc(-n2c(C(F)(F)F)nc3ccccc32)cc1. The number of fused-ring (bicyclic) bond motifs is 1. The molecule has 112 valence electrons. The normalized spacial score (nSPS) is 11.8. The van der Waals surface area contributed by atoms with E-state index in [1.165, 1.54) is 24.3 Å². The maximum absolute atomic E-state index is 13.2. The summed E-state index contributed by atoms with van der Waals surface area (Å²) in [5.41, 5.74) is 0.449. The second-order valence-corrected chi connectivity index (χ2v) is 4.53. The summed E-state index contributed by atoms with van der Waals surface area (Å²) < 4.78 is 40.5. The zero-order chi connectivity index (χ0) is 15.9. The second kappa shape index (κ2) is 4.83. The molecule has 22 heavy (non-hydrogen) atoms. The number of nitro benzene ring substituents is 1. The van der Waals surface area contributed by atoms with E-state index in [0.717, 1.165) is 16.7 Å². The van der Waals surface area contributed by atoms with Gasteiger partial charge in [0, 0.05) is 17.8 Å². The van der Waals surface area contributed by atoms with Gasteiger partial charge < -0.3 is 0 Å². The summed E-state index contributed by atoms with van der Waals surface area (Å²) in [6.07, 6.45) is -4.64. The maximum Gasteiger partial charge on any atom is 0.450 e. The van der Waals surface area contributed by atoms with Gasteiger partial charge in [0.2, 0.25) is 5.82 Å². The van der Waals surface area contributed by atoms with Crippen molar-refractivity contribution >= 4 is 16.7 Å². The van der Waals surface area contributed by atoms with Crippen molar-refractivity contribution in [2.75, 3.05) is 0 Å². The van der Waals surface area contributed by atoms with Crippen LogP contribution in [0.3, 0.4) is 0 Å². The molecule has 3 aromatic rings. The molecule has 3 rings (SSSR count). The first kappa shape index (κ1) is 14.1. The fourth-order valence-corrected chi connectivity index (χ4v) is 2.20. The lowest BCUT2D eigenvalue weighted by atomic mass is 10.2. The van der Waals surface area contributed by atoms with E-state index < -0.39 is 16.9 Å². The third kappa shape index (κ3) is 2.28. The standard InChI is InChI=1S/C14H8F3N3O2/c15-14(16,17)13-18-11-3-1-2-4-12(11)19(13)9-5-7-10(8-6-9)20(21)22/h1-8H. The minimum Gasteiger partial charge on any atom is -0.289 e. The molecule has 0 N–H and O–H groups in total. The molecule has 0 atom stereocenters. The monoisotopic (exact) mass is 307 g/mol. The fraction of sp³-hybridized carbons (Fsp3) is 0.0714. The van der Waals surface area contributed by atoms with Crippen LogP contribution in [0.4, 0.5) is 18.9 Å². The van der Waals surface area contributed by atoms with E-state index in [0.29, 0.717) is 0 Å². The molecular formula is C14H8F3N3O2. The van der Waals surface area contributed by atoms with Gasteiger partial charge in [0.25, 0.3) is 5.69 Å². The van der Waals surface area contributed by atoms with Crippen LogP contribution < -0.4 is 0 Å². The van der Waals surface area contributed by atoms with Crippen LogP contribution in [-0.2, 0) is 6.18 Å². The van der Waals surface area contributed by atoms with Crippen LogP contribution >= 0.6 is 0 Å². The lowest BCUT2D eigenvalue weighted by Gasteiger charge is -2.11. The molecule has 0 spiro atoms. The molecular weight excluding hydrogens is 299 g/mol. The smallest absolute Gasteiger partial charge is 0.289 e. The molecule has 1 aromatic heterocycles. The number of nitro groups is 1. The van der Waals surface area contributed by atoms with Crippen LogP contribution in [0.2, 0.25) is 0 Å². The van der Waals surface area contributed by atoms with Crippen molar-refractivity contribution < 1.29 is 18.1 Å². The number of halogens is 3. The number of aromatic nitrogens is 2. The Balaban J connectivity index is 2.26. The van der Waals surface area contributed by atoms with Gasteiger partial charge in [-0.05, 0) is 24.3 Å². The first-order valence-corrected chi connectivity index (χ1v) is 6.17. The van der Waals surface area contributed by atoms with Gasteiger partial charge in [-0.1, -0.05) is 12.1 Å². The zero-order valence-electron chi connectivity index (χ0n) is 10.9. The Hall–Kier alpha value is -2.90. The lowest BCUT2D eigenvalue weighted by Crippen LogP contribution is -2.13. The van der Waals surface area contributed by atoms with Crippen molar-refractivity contribution in [2.45, 2.75) is 6.18 Å². The molecule has 0 aliphatic carbocycles. The van der Waals surface area contributed by atoms with Crippen LogP contribution in [0.25, 0.3) is 16.7 Å². The predicted molar refractivity (Wildman–Crippen MR) is 72.7 cm³/mol. The van der Waals surface area contributed by atoms with E-state index in [2.05, 4.69) is 4.98 Å². The number of hydrogen-bond acceptors (Lipinski definition) is 3. The number of para-hydroxylation sites is 2. The molecule has 0 bridgehead atoms. The molecule has 0 radical (unpaired) electrons. The molecule has 0 aliphatic rings. The Morgan fingerprint density at radius 3 is 2.27 bits per heavy atom. The van der Waals surface area contributed by atoms with Crippen molar-refractivity contribution in [1.29, 1.82) is 0 Å². The Bertz CT molecular complexity index is 854. The van der Waals surface area contributed by atoms with Crippen LogP contribution in [-0.4, -0.2) is 14.5 Å². The van der Waals surface area contributed by atoms with Crippen molar-refractivity contribution in [3.05, 3.63) is 64.5 Å². The summed E-state index contributed by atoms with van der Waals surface area (Å²) in [4.78, 5) is 13.7. The second-order valence-electron chi connectivity index (χ2n) is 4.53. The van der Waals surface area contributed by atoms with Gasteiger partial charge >= 0.3 is 6.18 Å². The average Bonchev–Trinajstić information content (AvgIpc) is 2.87. The molecule has 0 aliphatic heterocycles. The number of non-ortho nitro benzene ring substituents is 1. The van der Waals surface area contributed by atoms with Gasteiger partial charge in [0.05, 0.1) is 16.0 Å². The number of hydrogen-bond donors (Lipinski definition) is 0. The lowest BCUT2D eigenvalue weighted by molar-refractivity contribution is -0.384. The number of nitrogens with zero attached hydrogens (tertiary/aromatic N) is 3. The summed E-state index contributed by atoms with van der Waals surface area (Å²) in [6, 6.07) is 11.0. The highest BCUT2D eigenvalue weighted by molar-refractivity contribution is 5.78. The topological polar surface area (TPSA) is 61.0 Å². The van der Waals surface area contributed by atoms with Gasteiger partial charge in [-0.25, -0.2) is 4.98 Å². The Morgan fingerprint density at radius 2 is 1.68 bits per heavy atom. The molecule has 5 nitrogen and oxygen atoms in total. The molecule has 0 unspecified atom stereocenters. The largest absolute Gasteiger partial charge is 0.450 e. The third-order valence-corrected chi connectivity index (χ3v) is 3.13. The summed E-state index contributed by atoms with van der Waals surface area (Å²) in [7, 11) is 0. The molecule has 0 fully saturated rings. The molecule has 0 amide bonds. The van der Waals surface area contributed by atoms with Crippen LogP contribution in [0.15, 0.2) is 48.5 Å². The Labute approximate surface area is 121 Å². The van der Waals surface area contributed by atoms with Gasteiger partial charge in [0.15, 0.2) is 0 Å². The summed E-state index contributed by atoms with van der Waals surface area (Å²) in [5.74, 6) is -1.07. The van der Waals surface area contributed by atoms with E-state index in [1.807, 2.05) is 0 Å². The van der Waals surface area contributed by atoms with Crippen molar-refractivity contribution in [3.8, 4) is 5.69 Å². The van der Waals surface area contributed by atoms with Gasteiger partial charge in [-0.3, -0.25) is 14.7 Å². The first-order valence-electron chi connectivity index (χ1n) is 6.17. The summed E-state index contributed by atoms with van der Waals surface area (Å²) in [6.45, 7) is 0. The molecule has 0 saturated heterocycles. The van der Waals surface area contributed by atoms with Crippen LogP contribution in [0.1, 0.15) is 5.82 Å². The number of imidazole rings is 1. The third-order valence-electron chi connectivity index (χ3n) is 3.13. The van der Waals surface area contributed by atoms with Crippen molar-refractivity contribution in [1.82, 2.24) is 9.55 Å². The van der Waals surface area contributed by atoms with Crippen molar-refractivity contribution in [3.63, 3.8) is 0 Å². The highest BCUT2D eigenvalue weighted by Gasteiger charge is 2.38. The molecule has 1 heterocycles. The molecule has 0 saturated carbocycles. The van der Waals surface area contributed by atoms with E-state index in [1.54, 1.807) is 12.1 Å². The van der Waals surface area contributed by atoms with E-state index in [-0.39, 0.29) is 22.4 Å². The van der Waals surface area contributed by atoms with E-state index in [4.69, 9.17) is 0 Å². The van der Waals surface area contributed by atoms with Crippen LogP contribution in [0, 0.1) is 10.1 Å². The number of rotatable bonds is 2.